The molecule has 84 heavy (non-hydrogen) atoms. The molecule has 0 aliphatic rings. The van der Waals surface area contributed by atoms with E-state index in [4.69, 9.17) is 24.5 Å². The van der Waals surface area contributed by atoms with Gasteiger partial charge in [-0.3, -0.25) is 0 Å². The van der Waals surface area contributed by atoms with E-state index in [2.05, 4.69) is 44.8 Å². The zero-order chi connectivity index (χ0) is 61.3. The van der Waals surface area contributed by atoms with Crippen LogP contribution < -0.4 is 0 Å². The van der Waals surface area contributed by atoms with Gasteiger partial charge in [-0.05, 0) is 19.3 Å². The van der Waals surface area contributed by atoms with Crippen molar-refractivity contribution in [3.05, 3.63) is 0 Å². The quantitative estimate of drug-likeness (QED) is 0.0200. The Labute approximate surface area is 542 Å². The molecule has 0 aromatic carbocycles. The molecule has 0 aromatic rings. The number of thiol groups is 3. The molecule has 0 fully saturated rings. The first-order chi connectivity index (χ1) is 41.3. The van der Waals surface area contributed by atoms with Crippen LogP contribution in [0.25, 0.3) is 0 Å². The number of hydrogen-bond donors (Lipinski definition) is 6. The van der Waals surface area contributed by atoms with Crippen molar-refractivity contribution in [1.82, 2.24) is 0 Å². The van der Waals surface area contributed by atoms with Gasteiger partial charge in [0.15, 0.2) is 0 Å². The molecule has 0 bridgehead atoms. The zero-order valence-corrected chi connectivity index (χ0v) is 60.7. The van der Waals surface area contributed by atoms with Crippen molar-refractivity contribution in [2.75, 3.05) is 37.1 Å². The van der Waals surface area contributed by atoms with Gasteiger partial charge in [-0.2, -0.15) is 0 Å². The van der Waals surface area contributed by atoms with E-state index in [0.717, 1.165) is 128 Å². The van der Waals surface area contributed by atoms with Gasteiger partial charge in [0, 0.05) is 19.8 Å². The van der Waals surface area contributed by atoms with Crippen molar-refractivity contribution in [3.63, 3.8) is 0 Å². The van der Waals surface area contributed by atoms with E-state index in [1.54, 1.807) is 0 Å². The summed E-state index contributed by atoms with van der Waals surface area (Å²) in [5.74, 6) is -1.73. The minimum absolute atomic E-state index is 0.298. The number of hydrogen-bond acceptors (Lipinski definition) is 12. The second-order valence-corrected chi connectivity index (χ2v) is 33.8. The molecule has 0 aromatic heterocycles. The van der Waals surface area contributed by atoms with Crippen LogP contribution in [0.2, 0.25) is 4.44 Å². The molecule has 0 heterocycles. The average molecular weight is 1350 g/mol. The number of carbonyl (C=O) groups is 3. The van der Waals surface area contributed by atoms with Crippen molar-refractivity contribution >= 4 is 75.4 Å². The molecule has 3 atom stereocenters. The van der Waals surface area contributed by atoms with Crippen LogP contribution in [0.15, 0.2) is 0 Å². The van der Waals surface area contributed by atoms with Crippen molar-refractivity contribution in [3.8, 4) is 0 Å². The molecular formula is C71H140O9S3Sn. The van der Waals surface area contributed by atoms with Gasteiger partial charge < -0.3 is 15.3 Å². The third-order valence-electron chi connectivity index (χ3n) is 17.6. The third kappa shape index (κ3) is 55.0. The van der Waals surface area contributed by atoms with Crippen molar-refractivity contribution in [2.24, 2.45) is 17.8 Å². The molecule has 0 saturated heterocycles. The molecule has 0 saturated carbocycles. The van der Waals surface area contributed by atoms with E-state index in [1.807, 2.05) is 0 Å². The summed E-state index contributed by atoms with van der Waals surface area (Å²) in [5.41, 5.74) is 0. The minimum Gasteiger partial charge on any atom is -0.396 e. The minimum atomic E-state index is -5.30. The van der Waals surface area contributed by atoms with Gasteiger partial charge in [-0.15, -0.1) is 0 Å². The van der Waals surface area contributed by atoms with Crippen LogP contribution in [-0.4, -0.2) is 89.9 Å². The van der Waals surface area contributed by atoms with Gasteiger partial charge in [0.05, 0.1) is 0 Å². The molecule has 13 heteroatoms. The van der Waals surface area contributed by atoms with E-state index >= 15 is 0 Å². The van der Waals surface area contributed by atoms with Gasteiger partial charge in [0.2, 0.25) is 0 Å². The van der Waals surface area contributed by atoms with Gasteiger partial charge >= 0.3 is 357 Å². The third-order valence-corrected chi connectivity index (χ3v) is 26.1. The summed E-state index contributed by atoms with van der Waals surface area (Å²) < 4.78 is 20.0. The molecule has 0 rings (SSSR count). The fourth-order valence-corrected chi connectivity index (χ4v) is 20.1. The second-order valence-electron chi connectivity index (χ2n) is 25.6. The Morgan fingerprint density at radius 2 is 0.440 bits per heavy atom. The zero-order valence-electron chi connectivity index (χ0n) is 55.1. The van der Waals surface area contributed by atoms with Crippen LogP contribution in [-0.2, 0) is 23.6 Å². The summed E-state index contributed by atoms with van der Waals surface area (Å²) in [6.45, 7) is 3.17. The van der Waals surface area contributed by atoms with E-state index in [9.17, 15) is 14.4 Å². The maximum atomic E-state index is 14.4. The van der Waals surface area contributed by atoms with Gasteiger partial charge in [0.1, 0.15) is 0 Å². The molecule has 9 nitrogen and oxygen atoms in total. The van der Waals surface area contributed by atoms with E-state index in [-0.39, 0.29) is 0 Å². The predicted octanol–water partition coefficient (Wildman–Crippen LogP) is 21.4. The normalized spacial score (nSPS) is 13.5. The number of rotatable bonds is 70. The summed E-state index contributed by atoms with van der Waals surface area (Å²) >= 11 is 8.73. The number of aliphatic hydroxyl groups excluding tert-OH is 3. The molecule has 500 valence electrons. The summed E-state index contributed by atoms with van der Waals surface area (Å²) in [4.78, 5) is 43.3. The first kappa shape index (κ1) is 84.1. The molecule has 0 aliphatic heterocycles. The van der Waals surface area contributed by atoms with Crippen molar-refractivity contribution in [2.45, 2.75) is 377 Å². The number of aliphatic hydroxyl groups is 3. The Bertz CT molecular complexity index is 1240. The number of carbonyl (C=O) groups excluding carboxylic acids is 3. The Balaban J connectivity index is 5.58. The maximum absolute atomic E-state index is 14.4. The van der Waals surface area contributed by atoms with Crippen LogP contribution in [0.1, 0.15) is 373 Å². The molecule has 3 unspecified atom stereocenters. The molecular weight excluding hydrogens is 1210 g/mol. The Kier molecular flexibility index (Phi) is 67.6. The van der Waals surface area contributed by atoms with E-state index in [0.29, 0.717) is 67.2 Å². The summed E-state index contributed by atoms with van der Waals surface area (Å²) in [6, 6.07) is 0. The van der Waals surface area contributed by atoms with E-state index in [1.165, 1.54) is 212 Å². The standard InChI is InChI=1S/3C21H42O3S.C8H17.Sn/c3*22-18-16-14-12-10-8-6-4-2-1-3-5-7-9-11-13-15-17-20(19-25)21(23)24;1-3-5-7-8-6-4-2;/h3*20,22,25H,1-19H2,(H,23,24);1,3-8H2,2H3;/q;;;;+3/p-3. The van der Waals surface area contributed by atoms with Crippen molar-refractivity contribution < 1.29 is 38.9 Å². The fourth-order valence-electron chi connectivity index (χ4n) is 11.8. The van der Waals surface area contributed by atoms with Crippen LogP contribution in [0, 0.1) is 17.8 Å². The van der Waals surface area contributed by atoms with E-state index < -0.39 is 55.3 Å². The van der Waals surface area contributed by atoms with Crippen LogP contribution >= 0.6 is 37.9 Å². The monoisotopic (exact) mass is 1350 g/mol. The van der Waals surface area contributed by atoms with Crippen LogP contribution in [0.5, 0.6) is 0 Å². The Morgan fingerprint density at radius 1 is 0.274 bits per heavy atom. The molecule has 0 radical (unpaired) electrons. The van der Waals surface area contributed by atoms with Crippen LogP contribution in [0.4, 0.5) is 0 Å². The molecule has 0 spiro atoms. The predicted molar refractivity (Wildman–Crippen MR) is 371 cm³/mol. The van der Waals surface area contributed by atoms with Gasteiger partial charge in [-0.25, -0.2) is 0 Å². The van der Waals surface area contributed by atoms with Crippen molar-refractivity contribution in [1.29, 1.82) is 0 Å². The van der Waals surface area contributed by atoms with Crippen LogP contribution in [0.3, 0.4) is 0 Å². The molecule has 0 amide bonds. The van der Waals surface area contributed by atoms with Gasteiger partial charge in [-0.1, -0.05) is 135 Å². The first-order valence-electron chi connectivity index (χ1n) is 36.6. The summed E-state index contributed by atoms with van der Waals surface area (Å²) in [7, 11) is 0. The summed E-state index contributed by atoms with van der Waals surface area (Å²) in [5, 5.41) is 26.9. The number of unbranched alkanes of at least 4 members (excludes halogenated alkanes) is 50. The fraction of sp³-hybridized carbons (Fsp3) is 0.958. The second kappa shape index (κ2) is 67.5. The Morgan fingerprint density at radius 3 is 0.619 bits per heavy atom. The Hall–Kier alpha value is 0.139. The molecule has 0 aliphatic carbocycles. The molecule has 3 N–H and O–H groups in total. The average Bonchev–Trinajstić information content (AvgIpc) is 3.56. The van der Waals surface area contributed by atoms with Gasteiger partial charge in [0.25, 0.3) is 0 Å². The SMILES string of the molecule is CCCCCCC[CH2][Sn]([O]C(=O)C(CS)CCCCCCCCCCCCCCCCCCO)([O]C(=O)C(CS)CCCCCCCCCCCCCCCCCCO)[O]C(=O)C(CS)CCCCCCCCCCCCCCCCCCO. The smallest absolute Gasteiger partial charge is 0.396 e. The first-order valence-corrected chi connectivity index (χ1v) is 44.0. The summed E-state index contributed by atoms with van der Waals surface area (Å²) in [6.07, 6.45) is 66.2. The topological polar surface area (TPSA) is 140 Å².